The Kier molecular flexibility index (Phi) is 7.30. The molecule has 1 N–H and O–H groups in total. The zero-order valence-electron chi connectivity index (χ0n) is 12.9. The lowest BCUT2D eigenvalue weighted by atomic mass is 9.94. The Morgan fingerprint density at radius 3 is 2.80 bits per heavy atom. The predicted molar refractivity (Wildman–Crippen MR) is 79.4 cm³/mol. The molecule has 1 atom stereocenters. The van der Waals surface area contributed by atoms with E-state index in [1.54, 1.807) is 6.20 Å². The van der Waals surface area contributed by atoms with E-state index in [1.165, 1.54) is 0 Å². The fraction of sp³-hybridized carbons (Fsp3) is 0.733. The summed E-state index contributed by atoms with van der Waals surface area (Å²) in [7, 11) is 0. The van der Waals surface area contributed by atoms with Gasteiger partial charge < -0.3 is 10.1 Å². The monoisotopic (exact) mass is 281 g/mol. The molecule has 0 spiro atoms. The lowest BCUT2D eigenvalue weighted by Crippen LogP contribution is -2.50. The van der Waals surface area contributed by atoms with Crippen molar-refractivity contribution in [2.24, 2.45) is 0 Å². The number of carbonyl (C=O) groups is 1. The van der Waals surface area contributed by atoms with Crippen LogP contribution in [0.15, 0.2) is 18.5 Å². The average Bonchev–Trinajstić information content (AvgIpc) is 2.95. The molecule has 114 valence electrons. The number of unbranched alkanes of at least 4 members (excludes halogenated alkanes) is 1. The third kappa shape index (κ3) is 5.33. The fourth-order valence-corrected chi connectivity index (χ4v) is 2.14. The summed E-state index contributed by atoms with van der Waals surface area (Å²) in [4.78, 5) is 12.1. The number of nitrogens with one attached hydrogen (secondary N) is 1. The van der Waals surface area contributed by atoms with Gasteiger partial charge in [0.1, 0.15) is 5.54 Å². The molecule has 0 aliphatic heterocycles. The summed E-state index contributed by atoms with van der Waals surface area (Å²) in [6.07, 6.45) is 7.50. The molecular formula is C15H27N3O2. The second-order valence-corrected chi connectivity index (χ2v) is 5.21. The van der Waals surface area contributed by atoms with Crippen LogP contribution in [0.4, 0.5) is 0 Å². The first-order chi connectivity index (χ1) is 9.62. The molecule has 0 saturated carbocycles. The summed E-state index contributed by atoms with van der Waals surface area (Å²) in [5, 5.41) is 7.50. The molecule has 0 fully saturated rings. The molecule has 1 heterocycles. The van der Waals surface area contributed by atoms with Crippen LogP contribution in [0.1, 0.15) is 46.5 Å². The summed E-state index contributed by atoms with van der Waals surface area (Å²) in [6, 6.07) is 1.92. The third-order valence-electron chi connectivity index (χ3n) is 3.36. The van der Waals surface area contributed by atoms with Crippen LogP contribution < -0.4 is 5.32 Å². The number of aromatic nitrogens is 2. The van der Waals surface area contributed by atoms with Crippen LogP contribution in [-0.4, -0.2) is 34.4 Å². The quantitative estimate of drug-likeness (QED) is 0.528. The molecule has 0 aliphatic carbocycles. The molecule has 0 bridgehead atoms. The van der Waals surface area contributed by atoms with Gasteiger partial charge in [-0.3, -0.25) is 9.48 Å². The summed E-state index contributed by atoms with van der Waals surface area (Å²) < 4.78 is 7.11. The summed E-state index contributed by atoms with van der Waals surface area (Å²) in [6.45, 7) is 8.02. The molecule has 20 heavy (non-hydrogen) atoms. The lowest BCUT2D eigenvalue weighted by molar-refractivity contribution is -0.150. The Morgan fingerprint density at radius 1 is 1.40 bits per heavy atom. The highest BCUT2D eigenvalue weighted by molar-refractivity contribution is 5.80. The zero-order chi connectivity index (χ0) is 14.8. The number of hydrogen-bond acceptors (Lipinski definition) is 4. The molecule has 1 aromatic heterocycles. The SMILES string of the molecule is CCCNC(C)(CCCCn1cccn1)C(=O)OCC. The van der Waals surface area contributed by atoms with Gasteiger partial charge in [-0.25, -0.2) is 0 Å². The van der Waals surface area contributed by atoms with Gasteiger partial charge in [0.15, 0.2) is 0 Å². The summed E-state index contributed by atoms with van der Waals surface area (Å²) >= 11 is 0. The van der Waals surface area contributed by atoms with Crippen LogP contribution in [0.2, 0.25) is 0 Å². The van der Waals surface area contributed by atoms with Gasteiger partial charge in [-0.15, -0.1) is 0 Å². The van der Waals surface area contributed by atoms with Crippen molar-refractivity contribution in [3.8, 4) is 0 Å². The van der Waals surface area contributed by atoms with Crippen molar-refractivity contribution in [2.45, 2.75) is 58.5 Å². The Balaban J connectivity index is 2.40. The Hall–Kier alpha value is -1.36. The van der Waals surface area contributed by atoms with E-state index in [-0.39, 0.29) is 5.97 Å². The van der Waals surface area contributed by atoms with Crippen molar-refractivity contribution in [3.05, 3.63) is 18.5 Å². The first-order valence-electron chi connectivity index (χ1n) is 7.52. The van der Waals surface area contributed by atoms with Crippen molar-refractivity contribution >= 4 is 5.97 Å². The van der Waals surface area contributed by atoms with Gasteiger partial charge in [0.2, 0.25) is 0 Å². The maximum absolute atomic E-state index is 12.1. The summed E-state index contributed by atoms with van der Waals surface area (Å²) in [5.41, 5.74) is -0.573. The lowest BCUT2D eigenvalue weighted by Gasteiger charge is -2.28. The molecule has 0 radical (unpaired) electrons. The smallest absolute Gasteiger partial charge is 0.326 e. The van der Waals surface area contributed by atoms with Crippen LogP contribution in [-0.2, 0) is 16.1 Å². The van der Waals surface area contributed by atoms with E-state index in [9.17, 15) is 4.79 Å². The Bertz CT molecular complexity index is 378. The largest absolute Gasteiger partial charge is 0.465 e. The molecule has 1 rings (SSSR count). The second-order valence-electron chi connectivity index (χ2n) is 5.21. The molecule has 5 nitrogen and oxygen atoms in total. The van der Waals surface area contributed by atoms with Crippen LogP contribution in [0.25, 0.3) is 0 Å². The van der Waals surface area contributed by atoms with E-state index in [0.717, 1.165) is 38.8 Å². The molecule has 0 aliphatic rings. The van der Waals surface area contributed by atoms with Crippen molar-refractivity contribution in [1.82, 2.24) is 15.1 Å². The van der Waals surface area contributed by atoms with Gasteiger partial charge in [-0.1, -0.05) is 6.92 Å². The normalized spacial score (nSPS) is 13.9. The van der Waals surface area contributed by atoms with Crippen LogP contribution in [0, 0.1) is 0 Å². The highest BCUT2D eigenvalue weighted by atomic mass is 16.5. The van der Waals surface area contributed by atoms with Gasteiger partial charge in [0.25, 0.3) is 0 Å². The van der Waals surface area contributed by atoms with Crippen LogP contribution >= 0.6 is 0 Å². The number of nitrogens with zero attached hydrogens (tertiary/aromatic N) is 2. The first kappa shape index (κ1) is 16.7. The summed E-state index contributed by atoms with van der Waals surface area (Å²) in [5.74, 6) is -0.146. The van der Waals surface area contributed by atoms with Crippen molar-refractivity contribution in [2.75, 3.05) is 13.2 Å². The predicted octanol–water partition coefficient (Wildman–Crippen LogP) is 2.37. The van der Waals surface area contributed by atoms with Crippen LogP contribution in [0.3, 0.4) is 0 Å². The van der Waals surface area contributed by atoms with Crippen LogP contribution in [0.5, 0.6) is 0 Å². The van der Waals surface area contributed by atoms with E-state index in [1.807, 2.05) is 30.8 Å². The molecule has 1 unspecified atom stereocenters. The van der Waals surface area contributed by atoms with Crippen molar-refractivity contribution in [1.29, 1.82) is 0 Å². The molecular weight excluding hydrogens is 254 g/mol. The van der Waals surface area contributed by atoms with Crippen molar-refractivity contribution in [3.63, 3.8) is 0 Å². The van der Waals surface area contributed by atoms with E-state index in [4.69, 9.17) is 4.74 Å². The molecule has 0 aromatic carbocycles. The highest BCUT2D eigenvalue weighted by Gasteiger charge is 2.33. The number of ether oxygens (including phenoxy) is 1. The Labute approximate surface area is 121 Å². The van der Waals surface area contributed by atoms with Gasteiger partial charge in [-0.05, 0) is 52.1 Å². The number of carbonyl (C=O) groups excluding carboxylic acids is 1. The second kappa shape index (κ2) is 8.74. The maximum atomic E-state index is 12.1. The average molecular weight is 281 g/mol. The Morgan fingerprint density at radius 2 is 2.20 bits per heavy atom. The van der Waals surface area contributed by atoms with Gasteiger partial charge in [-0.2, -0.15) is 5.10 Å². The molecule has 0 amide bonds. The molecule has 5 heteroatoms. The van der Waals surface area contributed by atoms with E-state index in [0.29, 0.717) is 6.61 Å². The third-order valence-corrected chi connectivity index (χ3v) is 3.36. The number of hydrogen-bond donors (Lipinski definition) is 1. The highest BCUT2D eigenvalue weighted by Crippen LogP contribution is 2.16. The standard InChI is InChI=1S/C15H27N3O2/c1-4-10-16-15(3,14(19)20-5-2)9-6-7-12-18-13-8-11-17-18/h8,11,13,16H,4-7,9-10,12H2,1-3H3. The number of aryl methyl sites for hydroxylation is 1. The molecule has 1 aromatic rings. The minimum Gasteiger partial charge on any atom is -0.465 e. The number of esters is 1. The van der Waals surface area contributed by atoms with Gasteiger partial charge in [0, 0.05) is 18.9 Å². The maximum Gasteiger partial charge on any atom is 0.326 e. The number of rotatable bonds is 10. The van der Waals surface area contributed by atoms with Gasteiger partial charge >= 0.3 is 5.97 Å². The fourth-order valence-electron chi connectivity index (χ4n) is 2.14. The first-order valence-corrected chi connectivity index (χ1v) is 7.52. The minimum absolute atomic E-state index is 0.146. The van der Waals surface area contributed by atoms with Gasteiger partial charge in [0.05, 0.1) is 6.61 Å². The van der Waals surface area contributed by atoms with Crippen molar-refractivity contribution < 1.29 is 9.53 Å². The van der Waals surface area contributed by atoms with E-state index < -0.39 is 5.54 Å². The topological polar surface area (TPSA) is 56.2 Å². The van der Waals surface area contributed by atoms with E-state index in [2.05, 4.69) is 17.3 Å². The minimum atomic E-state index is -0.573. The van der Waals surface area contributed by atoms with E-state index >= 15 is 0 Å². The zero-order valence-corrected chi connectivity index (χ0v) is 12.9. The molecule has 0 saturated heterocycles.